The SMILES string of the molecule is CCCCC/C=C\C/C=C\CCCCCCCCCCCC(=O)OC(COC(=O)CCCCCCC/C=C\CCCCC)COP(=O)(O)OCC(O)CO. The summed E-state index contributed by atoms with van der Waals surface area (Å²) in [7, 11) is -4.62. The topological polar surface area (TPSA) is 149 Å². The maximum absolute atomic E-state index is 12.6. The van der Waals surface area contributed by atoms with E-state index in [0.29, 0.717) is 12.8 Å². The smallest absolute Gasteiger partial charge is 0.462 e. The molecule has 0 spiro atoms. The Morgan fingerprint density at radius 1 is 0.556 bits per heavy atom. The molecule has 0 fully saturated rings. The molecule has 11 heteroatoms. The van der Waals surface area contributed by atoms with Crippen molar-refractivity contribution in [2.75, 3.05) is 26.4 Å². The summed E-state index contributed by atoms with van der Waals surface area (Å²) >= 11 is 0. The fourth-order valence-corrected chi connectivity index (χ4v) is 6.45. The van der Waals surface area contributed by atoms with Crippen LogP contribution >= 0.6 is 7.82 Å². The van der Waals surface area contributed by atoms with E-state index in [1.54, 1.807) is 0 Å². The van der Waals surface area contributed by atoms with Crippen LogP contribution in [0, 0.1) is 0 Å². The number of phosphoric ester groups is 1. The second-order valence-electron chi connectivity index (χ2n) is 14.4. The lowest BCUT2D eigenvalue weighted by atomic mass is 10.1. The average Bonchev–Trinajstić information content (AvgIpc) is 3.16. The van der Waals surface area contributed by atoms with Gasteiger partial charge in [-0.2, -0.15) is 0 Å². The minimum atomic E-state index is -4.62. The Hall–Kier alpha value is -1.81. The van der Waals surface area contributed by atoms with Crippen molar-refractivity contribution in [2.24, 2.45) is 0 Å². The molecule has 0 heterocycles. The Morgan fingerprint density at radius 2 is 0.963 bits per heavy atom. The Labute approximate surface area is 329 Å². The second kappa shape index (κ2) is 39.4. The van der Waals surface area contributed by atoms with Gasteiger partial charge in [0, 0.05) is 12.8 Å². The number of hydrogen-bond acceptors (Lipinski definition) is 9. The van der Waals surface area contributed by atoms with Crippen molar-refractivity contribution in [3.63, 3.8) is 0 Å². The number of unbranched alkanes of at least 4 members (excludes halogenated alkanes) is 20. The predicted octanol–water partition coefficient (Wildman–Crippen LogP) is 11.2. The van der Waals surface area contributed by atoms with Gasteiger partial charge in [-0.25, -0.2) is 4.57 Å². The van der Waals surface area contributed by atoms with Crippen LogP contribution in [-0.2, 0) is 32.7 Å². The largest absolute Gasteiger partial charge is 0.472 e. The van der Waals surface area contributed by atoms with Crippen molar-refractivity contribution >= 4 is 19.8 Å². The molecule has 0 aliphatic rings. The summed E-state index contributed by atoms with van der Waals surface area (Å²) < 4.78 is 32.7. The number of esters is 2. The molecule has 0 aromatic carbocycles. The van der Waals surface area contributed by atoms with E-state index in [1.807, 2.05) is 0 Å². The molecule has 0 saturated heterocycles. The molecule has 10 nitrogen and oxygen atoms in total. The third-order valence-corrected chi connectivity index (χ3v) is 9.97. The van der Waals surface area contributed by atoms with Gasteiger partial charge in [0.25, 0.3) is 0 Å². The number of hydrogen-bond donors (Lipinski definition) is 3. The zero-order valence-electron chi connectivity index (χ0n) is 34.2. The Morgan fingerprint density at radius 3 is 1.44 bits per heavy atom. The zero-order chi connectivity index (χ0) is 39.8. The van der Waals surface area contributed by atoms with Gasteiger partial charge >= 0.3 is 19.8 Å². The van der Waals surface area contributed by atoms with Gasteiger partial charge in [0.05, 0.1) is 19.8 Å². The molecule has 0 radical (unpaired) electrons. The molecule has 0 aliphatic carbocycles. The summed E-state index contributed by atoms with van der Waals surface area (Å²) in [6.45, 7) is 2.32. The van der Waals surface area contributed by atoms with Gasteiger partial charge < -0.3 is 24.6 Å². The normalized spacial score (nSPS) is 14.2. The highest BCUT2D eigenvalue weighted by atomic mass is 31.2. The van der Waals surface area contributed by atoms with Crippen LogP contribution in [0.15, 0.2) is 36.5 Å². The number of rotatable bonds is 40. The molecule has 0 amide bonds. The second-order valence-corrected chi connectivity index (χ2v) is 15.8. The molecule has 0 aromatic rings. The van der Waals surface area contributed by atoms with Crippen molar-refractivity contribution in [3.05, 3.63) is 36.5 Å². The summed E-state index contributed by atoms with van der Waals surface area (Å²) in [5.74, 6) is -0.939. The fourth-order valence-electron chi connectivity index (χ4n) is 5.66. The minimum absolute atomic E-state index is 0.178. The molecule has 54 heavy (non-hydrogen) atoms. The molecular formula is C43H79O10P. The van der Waals surface area contributed by atoms with Gasteiger partial charge in [0.15, 0.2) is 6.10 Å². The standard InChI is InChI=1S/C43H79O10P/c1-3-5-7-9-11-13-15-17-18-19-20-21-22-23-25-27-29-31-33-35-43(47)53-41(39-52-54(48,49)51-37-40(45)36-44)38-50-42(46)34-32-30-28-26-24-16-14-12-10-8-6-4-2/h11-14,17-18,40-41,44-45H,3-10,15-16,19-39H2,1-2H3,(H,48,49)/b13-11-,14-12-,18-17-. The van der Waals surface area contributed by atoms with Crippen LogP contribution < -0.4 is 0 Å². The first kappa shape index (κ1) is 52.2. The van der Waals surface area contributed by atoms with Crippen LogP contribution in [0.5, 0.6) is 0 Å². The number of carbonyl (C=O) groups excluding carboxylic acids is 2. The summed E-state index contributed by atoms with van der Waals surface area (Å²) in [4.78, 5) is 34.9. The van der Waals surface area contributed by atoms with E-state index in [9.17, 15) is 24.2 Å². The molecule has 3 unspecified atom stereocenters. The lowest BCUT2D eigenvalue weighted by molar-refractivity contribution is -0.161. The van der Waals surface area contributed by atoms with Gasteiger partial charge in [-0.3, -0.25) is 18.6 Å². The van der Waals surface area contributed by atoms with Crippen LogP contribution in [-0.4, -0.2) is 65.7 Å². The highest BCUT2D eigenvalue weighted by molar-refractivity contribution is 7.47. The van der Waals surface area contributed by atoms with E-state index < -0.39 is 51.8 Å². The Kier molecular flexibility index (Phi) is 38.1. The molecule has 0 saturated carbocycles. The molecule has 0 aliphatic heterocycles. The molecule has 3 N–H and O–H groups in total. The lowest BCUT2D eigenvalue weighted by Gasteiger charge is -2.20. The van der Waals surface area contributed by atoms with E-state index in [1.165, 1.54) is 77.0 Å². The Balaban J connectivity index is 4.28. The average molecular weight is 787 g/mol. The zero-order valence-corrected chi connectivity index (χ0v) is 35.1. The first-order valence-electron chi connectivity index (χ1n) is 21.4. The molecule has 316 valence electrons. The van der Waals surface area contributed by atoms with E-state index in [0.717, 1.165) is 70.6 Å². The molecule has 0 bridgehead atoms. The van der Waals surface area contributed by atoms with Crippen molar-refractivity contribution in [1.82, 2.24) is 0 Å². The number of ether oxygens (including phenoxy) is 2. The number of carbonyl (C=O) groups is 2. The van der Waals surface area contributed by atoms with Crippen LogP contribution in [0.2, 0.25) is 0 Å². The quantitative estimate of drug-likeness (QED) is 0.0237. The van der Waals surface area contributed by atoms with Crippen LogP contribution in [0.1, 0.15) is 187 Å². The summed E-state index contributed by atoms with van der Waals surface area (Å²) in [5, 5.41) is 18.3. The first-order chi connectivity index (χ1) is 26.2. The maximum atomic E-state index is 12.6. The summed E-state index contributed by atoms with van der Waals surface area (Å²) in [6.07, 6.45) is 39.6. The third kappa shape index (κ3) is 38.5. The van der Waals surface area contributed by atoms with Crippen molar-refractivity contribution in [1.29, 1.82) is 0 Å². The summed E-state index contributed by atoms with van der Waals surface area (Å²) in [6, 6.07) is 0. The first-order valence-corrected chi connectivity index (χ1v) is 22.9. The summed E-state index contributed by atoms with van der Waals surface area (Å²) in [5.41, 5.74) is 0. The van der Waals surface area contributed by atoms with Crippen molar-refractivity contribution in [3.8, 4) is 0 Å². The number of allylic oxidation sites excluding steroid dienone is 6. The van der Waals surface area contributed by atoms with Crippen molar-refractivity contribution in [2.45, 2.75) is 199 Å². The fraction of sp³-hybridized carbons (Fsp3) is 0.814. The lowest BCUT2D eigenvalue weighted by Crippen LogP contribution is -2.29. The molecule has 3 atom stereocenters. The maximum Gasteiger partial charge on any atom is 0.472 e. The van der Waals surface area contributed by atoms with E-state index in [2.05, 4.69) is 54.8 Å². The van der Waals surface area contributed by atoms with Gasteiger partial charge in [-0.1, -0.05) is 140 Å². The monoisotopic (exact) mass is 787 g/mol. The predicted molar refractivity (Wildman–Crippen MR) is 219 cm³/mol. The number of phosphoric acid groups is 1. The number of aliphatic hydroxyl groups excluding tert-OH is 2. The third-order valence-electron chi connectivity index (χ3n) is 9.02. The van der Waals surface area contributed by atoms with Crippen molar-refractivity contribution < 1.29 is 47.8 Å². The molecule has 0 rings (SSSR count). The molecular weight excluding hydrogens is 707 g/mol. The number of aliphatic hydroxyl groups is 2. The van der Waals surface area contributed by atoms with E-state index >= 15 is 0 Å². The van der Waals surface area contributed by atoms with Crippen LogP contribution in [0.25, 0.3) is 0 Å². The van der Waals surface area contributed by atoms with Crippen LogP contribution in [0.3, 0.4) is 0 Å². The Bertz CT molecular complexity index is 999. The van der Waals surface area contributed by atoms with Crippen LogP contribution in [0.4, 0.5) is 0 Å². The highest BCUT2D eigenvalue weighted by Gasteiger charge is 2.27. The highest BCUT2D eigenvalue weighted by Crippen LogP contribution is 2.43. The van der Waals surface area contributed by atoms with E-state index in [4.69, 9.17) is 19.1 Å². The minimum Gasteiger partial charge on any atom is -0.462 e. The van der Waals surface area contributed by atoms with E-state index in [-0.39, 0.29) is 19.4 Å². The molecule has 0 aromatic heterocycles. The van der Waals surface area contributed by atoms with Gasteiger partial charge in [0.2, 0.25) is 0 Å². The van der Waals surface area contributed by atoms with Gasteiger partial charge in [-0.05, 0) is 70.6 Å². The van der Waals surface area contributed by atoms with Gasteiger partial charge in [0.1, 0.15) is 12.7 Å². The van der Waals surface area contributed by atoms with Gasteiger partial charge in [-0.15, -0.1) is 0 Å².